The maximum absolute atomic E-state index is 10.9. The average molecular weight is 158 g/mol. The molecule has 1 aliphatic heterocycles. The zero-order valence-corrected chi connectivity index (χ0v) is 6.91. The first kappa shape index (κ1) is 8.53. The van der Waals surface area contributed by atoms with Crippen LogP contribution in [0.1, 0.15) is 20.3 Å². The zero-order chi connectivity index (χ0) is 8.43. The Balaban J connectivity index is 2.48. The van der Waals surface area contributed by atoms with E-state index >= 15 is 0 Å². The first-order valence-corrected chi connectivity index (χ1v) is 3.96. The monoisotopic (exact) mass is 158 g/mol. The molecule has 1 heterocycles. The van der Waals surface area contributed by atoms with Crippen LogP contribution in [0.4, 0.5) is 0 Å². The summed E-state index contributed by atoms with van der Waals surface area (Å²) >= 11 is 0. The molecule has 1 rings (SSSR count). The van der Waals surface area contributed by atoms with Crippen molar-refractivity contribution < 1.29 is 14.6 Å². The largest absolute Gasteiger partial charge is 0.463 e. The van der Waals surface area contributed by atoms with Crippen LogP contribution in [-0.4, -0.2) is 23.8 Å². The Morgan fingerprint density at radius 2 is 2.36 bits per heavy atom. The highest BCUT2D eigenvalue weighted by molar-refractivity contribution is 5.75. The third-order valence-corrected chi connectivity index (χ3v) is 1.89. The van der Waals surface area contributed by atoms with Crippen LogP contribution in [0.5, 0.6) is 0 Å². The maximum Gasteiger partial charge on any atom is 0.311 e. The molecule has 64 valence electrons. The van der Waals surface area contributed by atoms with E-state index in [1.165, 1.54) is 0 Å². The second-order valence-corrected chi connectivity index (χ2v) is 3.43. The van der Waals surface area contributed by atoms with E-state index in [0.717, 1.165) is 6.42 Å². The van der Waals surface area contributed by atoms with Crippen LogP contribution in [0.25, 0.3) is 0 Å². The minimum atomic E-state index is -0.579. The van der Waals surface area contributed by atoms with Crippen LogP contribution in [0, 0.1) is 11.8 Å². The van der Waals surface area contributed by atoms with Crippen molar-refractivity contribution in [3.05, 3.63) is 0 Å². The fraction of sp³-hybridized carbons (Fsp3) is 0.875. The van der Waals surface area contributed by atoms with Crippen molar-refractivity contribution in [2.24, 2.45) is 11.8 Å². The first-order chi connectivity index (χ1) is 5.11. The third-order valence-electron chi connectivity index (χ3n) is 1.89. The normalized spacial score (nSPS) is 31.1. The molecule has 0 spiro atoms. The summed E-state index contributed by atoms with van der Waals surface area (Å²) in [6, 6.07) is 0. The van der Waals surface area contributed by atoms with Gasteiger partial charge in [-0.2, -0.15) is 0 Å². The van der Waals surface area contributed by atoms with Crippen molar-refractivity contribution in [1.82, 2.24) is 0 Å². The Morgan fingerprint density at radius 3 is 2.73 bits per heavy atom. The number of aliphatic hydroxyl groups is 1. The molecule has 0 aromatic carbocycles. The Labute approximate surface area is 66.4 Å². The quantitative estimate of drug-likeness (QED) is 0.597. The van der Waals surface area contributed by atoms with E-state index in [1.807, 2.05) is 13.8 Å². The minimum absolute atomic E-state index is 0.177. The van der Waals surface area contributed by atoms with Crippen molar-refractivity contribution in [2.75, 3.05) is 6.61 Å². The Kier molecular flexibility index (Phi) is 2.49. The summed E-state index contributed by atoms with van der Waals surface area (Å²) in [6.07, 6.45) is 0.143. The van der Waals surface area contributed by atoms with Gasteiger partial charge in [0.1, 0.15) is 12.7 Å². The molecule has 0 aromatic heterocycles. The Hall–Kier alpha value is -0.570. The van der Waals surface area contributed by atoms with Crippen molar-refractivity contribution in [3.63, 3.8) is 0 Å². The standard InChI is InChI=1S/C8H14O3/c1-5(2)3-6-7(9)4-11-8(6)10/h5-7,9H,3-4H2,1-2H3. The predicted molar refractivity (Wildman–Crippen MR) is 39.9 cm³/mol. The molecule has 2 atom stereocenters. The number of esters is 1. The number of hydrogen-bond donors (Lipinski definition) is 1. The van der Waals surface area contributed by atoms with Gasteiger partial charge in [-0.1, -0.05) is 13.8 Å². The lowest BCUT2D eigenvalue weighted by molar-refractivity contribution is -0.141. The molecule has 0 saturated carbocycles. The second-order valence-electron chi connectivity index (χ2n) is 3.43. The summed E-state index contributed by atoms with van der Waals surface area (Å²) in [4.78, 5) is 10.9. The van der Waals surface area contributed by atoms with Gasteiger partial charge in [0.2, 0.25) is 0 Å². The van der Waals surface area contributed by atoms with Gasteiger partial charge >= 0.3 is 5.97 Å². The summed E-state index contributed by atoms with van der Waals surface area (Å²) in [5, 5.41) is 9.26. The van der Waals surface area contributed by atoms with Gasteiger partial charge < -0.3 is 9.84 Å². The van der Waals surface area contributed by atoms with Crippen molar-refractivity contribution >= 4 is 5.97 Å². The Morgan fingerprint density at radius 1 is 1.73 bits per heavy atom. The summed E-state index contributed by atoms with van der Waals surface area (Å²) in [5.41, 5.74) is 0. The topological polar surface area (TPSA) is 46.5 Å². The summed E-state index contributed by atoms with van der Waals surface area (Å²) < 4.78 is 4.69. The molecule has 1 fully saturated rings. The van der Waals surface area contributed by atoms with E-state index in [0.29, 0.717) is 5.92 Å². The van der Waals surface area contributed by atoms with Gasteiger partial charge in [-0.05, 0) is 12.3 Å². The van der Waals surface area contributed by atoms with Crippen LogP contribution in [-0.2, 0) is 9.53 Å². The van der Waals surface area contributed by atoms with Gasteiger partial charge in [-0.15, -0.1) is 0 Å². The molecular formula is C8H14O3. The van der Waals surface area contributed by atoms with Crippen LogP contribution in [0.15, 0.2) is 0 Å². The van der Waals surface area contributed by atoms with E-state index in [2.05, 4.69) is 4.74 Å². The SMILES string of the molecule is CC(C)CC1C(=O)OCC1O. The smallest absolute Gasteiger partial charge is 0.311 e. The van der Waals surface area contributed by atoms with Crippen molar-refractivity contribution in [2.45, 2.75) is 26.4 Å². The molecule has 2 unspecified atom stereocenters. The predicted octanol–water partition coefficient (Wildman–Crippen LogP) is 0.566. The van der Waals surface area contributed by atoms with Gasteiger partial charge in [0.05, 0.1) is 5.92 Å². The number of cyclic esters (lactones) is 1. The number of carbonyl (C=O) groups is 1. The first-order valence-electron chi connectivity index (χ1n) is 3.96. The van der Waals surface area contributed by atoms with E-state index in [-0.39, 0.29) is 18.5 Å². The molecule has 11 heavy (non-hydrogen) atoms. The lowest BCUT2D eigenvalue weighted by Gasteiger charge is -2.11. The van der Waals surface area contributed by atoms with Crippen LogP contribution < -0.4 is 0 Å². The molecule has 0 radical (unpaired) electrons. The van der Waals surface area contributed by atoms with Crippen LogP contribution >= 0.6 is 0 Å². The lowest BCUT2D eigenvalue weighted by atomic mass is 9.94. The number of ether oxygens (including phenoxy) is 1. The van der Waals surface area contributed by atoms with E-state index in [4.69, 9.17) is 0 Å². The highest BCUT2D eigenvalue weighted by Crippen LogP contribution is 2.22. The number of aliphatic hydroxyl groups excluding tert-OH is 1. The molecule has 1 saturated heterocycles. The number of carbonyl (C=O) groups excluding carboxylic acids is 1. The minimum Gasteiger partial charge on any atom is -0.463 e. The molecule has 3 nitrogen and oxygen atoms in total. The molecule has 3 heteroatoms. The highest BCUT2D eigenvalue weighted by atomic mass is 16.6. The fourth-order valence-corrected chi connectivity index (χ4v) is 1.31. The van der Waals surface area contributed by atoms with Gasteiger partial charge in [0, 0.05) is 0 Å². The zero-order valence-electron chi connectivity index (χ0n) is 6.91. The number of rotatable bonds is 2. The lowest BCUT2D eigenvalue weighted by Crippen LogP contribution is -2.22. The summed E-state index contributed by atoms with van der Waals surface area (Å²) in [6.45, 7) is 4.23. The van der Waals surface area contributed by atoms with Crippen LogP contribution in [0.2, 0.25) is 0 Å². The van der Waals surface area contributed by atoms with Crippen molar-refractivity contribution in [3.8, 4) is 0 Å². The molecule has 1 N–H and O–H groups in total. The second kappa shape index (κ2) is 3.22. The van der Waals surface area contributed by atoms with E-state index in [1.54, 1.807) is 0 Å². The molecule has 0 bridgehead atoms. The number of hydrogen-bond acceptors (Lipinski definition) is 3. The molecule has 1 aliphatic rings. The Bertz CT molecular complexity index is 153. The highest BCUT2D eigenvalue weighted by Gasteiger charge is 2.35. The van der Waals surface area contributed by atoms with Crippen molar-refractivity contribution in [1.29, 1.82) is 0 Å². The summed E-state index contributed by atoms with van der Waals surface area (Å²) in [7, 11) is 0. The third kappa shape index (κ3) is 1.93. The molecule has 0 amide bonds. The average Bonchev–Trinajstić information content (AvgIpc) is 2.18. The molecule has 0 aliphatic carbocycles. The van der Waals surface area contributed by atoms with Gasteiger partial charge in [-0.3, -0.25) is 4.79 Å². The maximum atomic E-state index is 10.9. The molecular weight excluding hydrogens is 144 g/mol. The van der Waals surface area contributed by atoms with Gasteiger partial charge in [0.15, 0.2) is 0 Å². The fourth-order valence-electron chi connectivity index (χ4n) is 1.31. The van der Waals surface area contributed by atoms with E-state index in [9.17, 15) is 9.90 Å². The van der Waals surface area contributed by atoms with E-state index < -0.39 is 6.10 Å². The summed E-state index contributed by atoms with van der Waals surface area (Å²) in [5.74, 6) is -0.0958. The van der Waals surface area contributed by atoms with Crippen LogP contribution in [0.3, 0.4) is 0 Å². The van der Waals surface area contributed by atoms with Gasteiger partial charge in [0.25, 0.3) is 0 Å². The molecule has 0 aromatic rings. The van der Waals surface area contributed by atoms with Gasteiger partial charge in [-0.25, -0.2) is 0 Å².